The fourth-order valence-corrected chi connectivity index (χ4v) is 3.80. The van der Waals surface area contributed by atoms with Crippen LogP contribution in [-0.2, 0) is 14.8 Å². The van der Waals surface area contributed by atoms with Gasteiger partial charge in [0.05, 0.1) is 10.7 Å². The van der Waals surface area contributed by atoms with E-state index in [-0.39, 0.29) is 27.9 Å². The number of benzene rings is 1. The largest absolute Gasteiger partial charge is 0.338 e. The summed E-state index contributed by atoms with van der Waals surface area (Å²) in [7, 11) is -3.20. The summed E-state index contributed by atoms with van der Waals surface area (Å²) in [5.74, 6) is -0.914. The molecule has 3 N–H and O–H groups in total. The number of sulfonamides is 1. The average molecular weight is 434 g/mol. The van der Waals surface area contributed by atoms with E-state index in [1.165, 1.54) is 18.2 Å². The smallest absolute Gasteiger partial charge is 0.208 e. The second-order valence-electron chi connectivity index (χ2n) is 6.33. The lowest BCUT2D eigenvalue weighted by atomic mass is 9.80. The Kier molecular flexibility index (Phi) is 6.70. The molecule has 138 valence electrons. The van der Waals surface area contributed by atoms with Crippen molar-refractivity contribution in [3.63, 3.8) is 0 Å². The molecule has 2 rings (SSSR count). The van der Waals surface area contributed by atoms with Gasteiger partial charge in [0.15, 0.2) is 5.84 Å². The Hall–Kier alpha value is -1.32. The molecule has 0 radical (unpaired) electrons. The molecule has 9 heteroatoms. The number of Topliss-reactive ketones (excluding diaryl/α,β-unsaturated/α-hetero) is 1. The Balaban J connectivity index is 1.85. The summed E-state index contributed by atoms with van der Waals surface area (Å²) in [6.07, 6.45) is 3.88. The van der Waals surface area contributed by atoms with Gasteiger partial charge in [-0.05, 0) is 65.7 Å². The van der Waals surface area contributed by atoms with Gasteiger partial charge in [-0.15, -0.1) is 0 Å². The minimum absolute atomic E-state index is 0.212. The number of nitrogens with one attached hydrogen (secondary N) is 3. The fraction of sp³-hybridized carbons (Fsp3) is 0.500. The maximum Gasteiger partial charge on any atom is 0.208 e. The summed E-state index contributed by atoms with van der Waals surface area (Å²) in [6, 6.07) is 4.20. The van der Waals surface area contributed by atoms with Crippen LogP contribution in [0.4, 0.5) is 10.1 Å². The first-order chi connectivity index (χ1) is 11.7. The molecule has 0 bridgehead atoms. The van der Waals surface area contributed by atoms with E-state index in [1.54, 1.807) is 0 Å². The molecular formula is C16H21BrFN3O3S. The van der Waals surface area contributed by atoms with Gasteiger partial charge in [0.2, 0.25) is 15.8 Å². The van der Waals surface area contributed by atoms with Crippen molar-refractivity contribution in [2.75, 3.05) is 18.1 Å². The van der Waals surface area contributed by atoms with Gasteiger partial charge >= 0.3 is 0 Å². The van der Waals surface area contributed by atoms with Crippen LogP contribution in [0.15, 0.2) is 22.7 Å². The summed E-state index contributed by atoms with van der Waals surface area (Å²) in [6.45, 7) is 0.388. The van der Waals surface area contributed by atoms with Crippen molar-refractivity contribution in [2.45, 2.75) is 25.7 Å². The van der Waals surface area contributed by atoms with Crippen molar-refractivity contribution < 1.29 is 17.6 Å². The molecule has 0 aromatic heterocycles. The molecule has 6 nitrogen and oxygen atoms in total. The predicted molar refractivity (Wildman–Crippen MR) is 98.8 cm³/mol. The Morgan fingerprint density at radius 2 is 1.96 bits per heavy atom. The van der Waals surface area contributed by atoms with Crippen molar-refractivity contribution in [1.82, 2.24) is 4.72 Å². The molecule has 1 saturated carbocycles. The van der Waals surface area contributed by atoms with E-state index in [9.17, 15) is 17.6 Å². The molecule has 1 aliphatic rings. The third-order valence-electron chi connectivity index (χ3n) is 4.29. The lowest BCUT2D eigenvalue weighted by Crippen LogP contribution is -2.34. The van der Waals surface area contributed by atoms with Gasteiger partial charge in [0.25, 0.3) is 0 Å². The minimum atomic E-state index is -3.20. The summed E-state index contributed by atoms with van der Waals surface area (Å²) in [5, 5.41) is 10.7. The van der Waals surface area contributed by atoms with Gasteiger partial charge in [-0.2, -0.15) is 0 Å². The van der Waals surface area contributed by atoms with Gasteiger partial charge < -0.3 is 5.32 Å². The molecule has 1 aliphatic carbocycles. The lowest BCUT2D eigenvalue weighted by molar-refractivity contribution is -0.117. The van der Waals surface area contributed by atoms with Crippen LogP contribution in [0, 0.1) is 23.1 Å². The maximum absolute atomic E-state index is 13.2. The molecule has 0 spiro atoms. The highest BCUT2D eigenvalue weighted by molar-refractivity contribution is 9.10. The Labute approximate surface area is 155 Å². The van der Waals surface area contributed by atoms with Gasteiger partial charge in [-0.1, -0.05) is 0 Å². The average Bonchev–Trinajstić information content (AvgIpc) is 2.55. The van der Waals surface area contributed by atoms with Crippen molar-refractivity contribution in [3.8, 4) is 0 Å². The lowest BCUT2D eigenvalue weighted by Gasteiger charge is -2.27. The first-order valence-electron chi connectivity index (χ1n) is 7.95. The number of halogens is 2. The number of carbonyl (C=O) groups excluding carboxylic acids is 1. The van der Waals surface area contributed by atoms with Crippen molar-refractivity contribution >= 4 is 43.3 Å². The Morgan fingerprint density at radius 3 is 2.52 bits per heavy atom. The van der Waals surface area contributed by atoms with Crippen LogP contribution in [0.5, 0.6) is 0 Å². The topological polar surface area (TPSA) is 99.1 Å². The van der Waals surface area contributed by atoms with Gasteiger partial charge in [-0.3, -0.25) is 10.2 Å². The number of rotatable bonds is 6. The molecule has 0 aliphatic heterocycles. The highest BCUT2D eigenvalue weighted by Gasteiger charge is 2.28. The highest BCUT2D eigenvalue weighted by atomic mass is 79.9. The van der Waals surface area contributed by atoms with E-state index in [0.717, 1.165) is 19.1 Å². The first-order valence-corrected chi connectivity index (χ1v) is 10.6. The van der Waals surface area contributed by atoms with Gasteiger partial charge in [-0.25, -0.2) is 17.5 Å². The molecule has 0 saturated heterocycles. The second kappa shape index (κ2) is 8.37. The van der Waals surface area contributed by atoms with Crippen LogP contribution in [0.3, 0.4) is 0 Å². The number of ketones is 1. The van der Waals surface area contributed by atoms with Crippen molar-refractivity contribution in [3.05, 3.63) is 28.5 Å². The fourth-order valence-electron chi connectivity index (χ4n) is 2.88. The van der Waals surface area contributed by atoms with Crippen molar-refractivity contribution in [1.29, 1.82) is 5.41 Å². The SMILES string of the molecule is CS(=O)(=O)NC[C@H]1CC[C@H](C(=O)C(=N)Nc2ccc(F)c(Br)c2)CC1. The Morgan fingerprint density at radius 1 is 1.32 bits per heavy atom. The number of hydrogen-bond acceptors (Lipinski definition) is 4. The molecule has 0 heterocycles. The van der Waals surface area contributed by atoms with E-state index in [1.807, 2.05) is 0 Å². The summed E-state index contributed by atoms with van der Waals surface area (Å²) >= 11 is 3.07. The molecule has 1 fully saturated rings. The predicted octanol–water partition coefficient (Wildman–Crippen LogP) is 2.90. The van der Waals surface area contributed by atoms with E-state index >= 15 is 0 Å². The molecule has 1 aromatic carbocycles. The summed E-state index contributed by atoms with van der Waals surface area (Å²) < 4.78 is 38.2. The number of hydrogen-bond donors (Lipinski definition) is 3. The highest BCUT2D eigenvalue weighted by Crippen LogP contribution is 2.29. The Bertz CT molecular complexity index is 762. The quantitative estimate of drug-likeness (QED) is 0.474. The zero-order chi connectivity index (χ0) is 18.6. The third-order valence-corrected chi connectivity index (χ3v) is 5.59. The maximum atomic E-state index is 13.2. The standard InChI is InChI=1S/C16H21BrFN3O3S/c1-25(23,24)20-9-10-2-4-11(5-3-10)15(22)16(19)21-12-6-7-14(18)13(17)8-12/h6-8,10-11,20H,2-5,9H2,1H3,(H2,19,21)/t10-,11-. The number of amidine groups is 1. The monoisotopic (exact) mass is 433 g/mol. The molecular weight excluding hydrogens is 413 g/mol. The van der Waals surface area contributed by atoms with Crippen LogP contribution < -0.4 is 10.0 Å². The third kappa shape index (κ3) is 6.16. The molecule has 0 unspecified atom stereocenters. The van der Waals surface area contributed by atoms with Gasteiger partial charge in [0.1, 0.15) is 5.82 Å². The van der Waals surface area contributed by atoms with E-state index < -0.39 is 15.8 Å². The van der Waals surface area contributed by atoms with Crippen molar-refractivity contribution in [2.24, 2.45) is 11.8 Å². The minimum Gasteiger partial charge on any atom is -0.338 e. The van der Waals surface area contributed by atoms with Crippen LogP contribution in [0.25, 0.3) is 0 Å². The van der Waals surface area contributed by atoms with Crippen LogP contribution in [0.2, 0.25) is 0 Å². The van der Waals surface area contributed by atoms with Crippen LogP contribution in [-0.4, -0.2) is 32.8 Å². The number of anilines is 1. The summed E-state index contributed by atoms with van der Waals surface area (Å²) in [4.78, 5) is 12.4. The van der Waals surface area contributed by atoms with E-state index in [2.05, 4.69) is 26.0 Å². The first kappa shape index (κ1) is 20.0. The molecule has 1 aromatic rings. The van der Waals surface area contributed by atoms with E-state index in [0.29, 0.717) is 25.1 Å². The van der Waals surface area contributed by atoms with Crippen LogP contribution in [0.1, 0.15) is 25.7 Å². The summed E-state index contributed by atoms with van der Waals surface area (Å²) in [5.41, 5.74) is 0.470. The molecule has 0 atom stereocenters. The normalized spacial score (nSPS) is 20.9. The molecule has 0 amide bonds. The zero-order valence-electron chi connectivity index (χ0n) is 13.8. The number of carbonyl (C=O) groups is 1. The van der Waals surface area contributed by atoms with Gasteiger partial charge in [0, 0.05) is 18.2 Å². The van der Waals surface area contributed by atoms with E-state index in [4.69, 9.17) is 5.41 Å². The molecule has 25 heavy (non-hydrogen) atoms. The van der Waals surface area contributed by atoms with Crippen LogP contribution >= 0.6 is 15.9 Å². The zero-order valence-corrected chi connectivity index (χ0v) is 16.2. The second-order valence-corrected chi connectivity index (χ2v) is 9.02.